The maximum atomic E-state index is 13.3. The lowest BCUT2D eigenvalue weighted by atomic mass is 9.73. The molecule has 4 nitrogen and oxygen atoms in total. The second kappa shape index (κ2) is 6.48. The van der Waals surface area contributed by atoms with Crippen molar-refractivity contribution in [2.45, 2.75) is 48.9 Å². The van der Waals surface area contributed by atoms with E-state index in [0.717, 1.165) is 30.3 Å². The van der Waals surface area contributed by atoms with Crippen LogP contribution < -0.4 is 5.32 Å². The molecule has 0 spiro atoms. The summed E-state index contributed by atoms with van der Waals surface area (Å²) in [6.45, 7) is 0. The van der Waals surface area contributed by atoms with Crippen molar-refractivity contribution in [1.82, 2.24) is 0 Å². The second-order valence-electron chi connectivity index (χ2n) is 8.58. The van der Waals surface area contributed by atoms with Crippen LogP contribution in [0.1, 0.15) is 29.5 Å². The first-order valence-electron chi connectivity index (χ1n) is 9.89. The number of halogens is 6. The van der Waals surface area contributed by atoms with Gasteiger partial charge in [0.15, 0.2) is 0 Å². The summed E-state index contributed by atoms with van der Waals surface area (Å²) in [5.74, 6) is -0.631. The lowest BCUT2D eigenvalue weighted by Crippen LogP contribution is -2.44. The highest BCUT2D eigenvalue weighted by Crippen LogP contribution is 2.77. The fourth-order valence-electron chi connectivity index (χ4n) is 5.52. The van der Waals surface area contributed by atoms with E-state index in [1.807, 2.05) is 0 Å². The van der Waals surface area contributed by atoms with Gasteiger partial charge < -0.3 is 15.2 Å². The molecule has 0 unspecified atom stereocenters. The van der Waals surface area contributed by atoms with E-state index < -0.39 is 58.5 Å². The van der Waals surface area contributed by atoms with Crippen LogP contribution in [0, 0.1) is 5.41 Å². The van der Waals surface area contributed by atoms with Gasteiger partial charge in [0.25, 0.3) is 0 Å². The molecule has 2 aromatic carbocycles. The van der Waals surface area contributed by atoms with Crippen LogP contribution in [0.2, 0.25) is 0 Å². The summed E-state index contributed by atoms with van der Waals surface area (Å²) in [5, 5.41) is 12.9. The number of ether oxygens (including phenoxy) is 1. The number of amides is 1. The molecule has 3 aliphatic rings. The van der Waals surface area contributed by atoms with Gasteiger partial charge in [0.2, 0.25) is 5.91 Å². The molecule has 5 atom stereocenters. The molecule has 2 saturated heterocycles. The third-order valence-electron chi connectivity index (χ3n) is 6.94. The fraction of sp³-hybridized carbons (Fsp3) is 0.409. The third kappa shape index (κ3) is 2.82. The Kier molecular flexibility index (Phi) is 4.30. The number of aliphatic hydroxyl groups excluding tert-OH is 1. The number of carbonyl (C=O) groups excluding carboxylic acids is 1. The van der Waals surface area contributed by atoms with Crippen LogP contribution in [-0.4, -0.2) is 29.3 Å². The fourth-order valence-corrected chi connectivity index (χ4v) is 5.52. The Labute approximate surface area is 178 Å². The quantitative estimate of drug-likeness (QED) is 0.667. The largest absolute Gasteiger partial charge is 0.416 e. The second-order valence-corrected chi connectivity index (χ2v) is 8.58. The molecule has 32 heavy (non-hydrogen) atoms. The highest BCUT2D eigenvalue weighted by Gasteiger charge is 2.87. The number of anilines is 1. The average molecular weight is 457 g/mol. The van der Waals surface area contributed by atoms with Crippen molar-refractivity contribution < 1.29 is 41.0 Å². The number of benzene rings is 2. The lowest BCUT2D eigenvalue weighted by Gasteiger charge is -2.30. The SMILES string of the molecule is O=C(Nc1cccc(C(F)(F)F)c1)[C@]12C[C@@]1(c1cccc(C(F)(F)F)c1)[C@H]1O[C@@H]2C[C@@H]1O. The molecular formula is C22H17F6NO3. The lowest BCUT2D eigenvalue weighted by molar-refractivity contribution is -0.138. The number of fused-ring (bicyclic) bond motifs is 5. The predicted molar refractivity (Wildman–Crippen MR) is 99.5 cm³/mol. The molecule has 2 aromatic rings. The Morgan fingerprint density at radius 3 is 2.28 bits per heavy atom. The zero-order chi connectivity index (χ0) is 23.1. The zero-order valence-electron chi connectivity index (χ0n) is 16.3. The molecule has 0 aromatic heterocycles. The van der Waals surface area contributed by atoms with E-state index in [0.29, 0.717) is 0 Å². The van der Waals surface area contributed by atoms with Gasteiger partial charge in [-0.3, -0.25) is 4.79 Å². The smallest absolute Gasteiger partial charge is 0.390 e. The van der Waals surface area contributed by atoms with E-state index >= 15 is 0 Å². The number of hydrogen-bond donors (Lipinski definition) is 2. The van der Waals surface area contributed by atoms with E-state index in [-0.39, 0.29) is 24.1 Å². The molecule has 170 valence electrons. The minimum atomic E-state index is -4.60. The number of alkyl halides is 6. The van der Waals surface area contributed by atoms with Crippen molar-refractivity contribution in [3.05, 3.63) is 65.2 Å². The van der Waals surface area contributed by atoms with E-state index in [1.54, 1.807) is 0 Å². The molecule has 5 rings (SSSR count). The van der Waals surface area contributed by atoms with E-state index in [4.69, 9.17) is 4.74 Å². The predicted octanol–water partition coefficient (Wildman–Crippen LogP) is 4.52. The third-order valence-corrected chi connectivity index (χ3v) is 6.94. The number of carbonyl (C=O) groups is 1. The van der Waals surface area contributed by atoms with Crippen LogP contribution in [0.25, 0.3) is 0 Å². The molecule has 1 aliphatic carbocycles. The minimum absolute atomic E-state index is 0.0765. The summed E-state index contributed by atoms with van der Waals surface area (Å²) in [6, 6.07) is 8.70. The summed E-state index contributed by atoms with van der Waals surface area (Å²) in [7, 11) is 0. The first-order valence-corrected chi connectivity index (χ1v) is 9.89. The number of rotatable bonds is 3. The molecule has 2 aliphatic heterocycles. The Hall–Kier alpha value is -2.59. The Morgan fingerprint density at radius 1 is 1.00 bits per heavy atom. The minimum Gasteiger partial charge on any atom is -0.390 e. The molecule has 1 amide bonds. The highest BCUT2D eigenvalue weighted by molar-refractivity contribution is 6.01. The average Bonchev–Trinajstić information content (AvgIpc) is 3.20. The Bertz CT molecular complexity index is 1100. The standard InChI is InChI=1S/C22H17F6NO3/c23-21(24,25)12-4-1-3-11(7-12)19-10-20(19,16-9-15(30)17(19)32-16)18(31)29-14-6-2-5-13(8-14)22(26,27)28/h1-8,15-17,30H,9-10H2,(H,29,31)/t15-,16+,17-,19+,20+/m0/s1. The van der Waals surface area contributed by atoms with Gasteiger partial charge in [-0.05, 0) is 36.2 Å². The molecule has 10 heteroatoms. The van der Waals surface area contributed by atoms with Gasteiger partial charge in [-0.15, -0.1) is 0 Å². The Balaban J connectivity index is 1.51. The molecule has 2 N–H and O–H groups in total. The van der Waals surface area contributed by atoms with E-state index in [2.05, 4.69) is 5.32 Å². The first kappa shape index (κ1) is 21.3. The van der Waals surface area contributed by atoms with E-state index in [1.165, 1.54) is 18.2 Å². The van der Waals surface area contributed by atoms with Gasteiger partial charge in [-0.2, -0.15) is 26.3 Å². The van der Waals surface area contributed by atoms with Crippen molar-refractivity contribution in [3.8, 4) is 0 Å². The monoisotopic (exact) mass is 457 g/mol. The first-order chi connectivity index (χ1) is 14.9. The van der Waals surface area contributed by atoms with Gasteiger partial charge in [0, 0.05) is 17.5 Å². The molecule has 2 heterocycles. The van der Waals surface area contributed by atoms with Crippen molar-refractivity contribution in [2.24, 2.45) is 5.41 Å². The van der Waals surface area contributed by atoms with Crippen LogP contribution in [0.5, 0.6) is 0 Å². The molecular weight excluding hydrogens is 440 g/mol. The van der Waals surface area contributed by atoms with Crippen LogP contribution >= 0.6 is 0 Å². The maximum absolute atomic E-state index is 13.3. The summed E-state index contributed by atoms with van der Waals surface area (Å²) in [5.41, 5.74) is -4.13. The van der Waals surface area contributed by atoms with Crippen LogP contribution in [0.15, 0.2) is 48.5 Å². The number of nitrogens with one attached hydrogen (secondary N) is 1. The van der Waals surface area contributed by atoms with Gasteiger partial charge in [-0.1, -0.05) is 24.3 Å². The normalized spacial score (nSPS) is 33.2. The summed E-state index contributed by atoms with van der Waals surface area (Å²) in [6.07, 6.45) is -11.5. The van der Waals surface area contributed by atoms with E-state index in [9.17, 15) is 36.2 Å². The van der Waals surface area contributed by atoms with Crippen LogP contribution in [0.3, 0.4) is 0 Å². The Morgan fingerprint density at radius 2 is 1.62 bits per heavy atom. The van der Waals surface area contributed by atoms with Crippen molar-refractivity contribution >= 4 is 11.6 Å². The van der Waals surface area contributed by atoms with Crippen molar-refractivity contribution in [3.63, 3.8) is 0 Å². The summed E-state index contributed by atoms with van der Waals surface area (Å²) < 4.78 is 84.7. The summed E-state index contributed by atoms with van der Waals surface area (Å²) >= 11 is 0. The summed E-state index contributed by atoms with van der Waals surface area (Å²) in [4.78, 5) is 13.3. The van der Waals surface area contributed by atoms with Crippen LogP contribution in [-0.2, 0) is 27.3 Å². The van der Waals surface area contributed by atoms with Gasteiger partial charge >= 0.3 is 12.4 Å². The van der Waals surface area contributed by atoms with Crippen molar-refractivity contribution in [2.75, 3.05) is 5.32 Å². The number of hydrogen-bond acceptors (Lipinski definition) is 3. The van der Waals surface area contributed by atoms with Gasteiger partial charge in [0.1, 0.15) is 0 Å². The highest BCUT2D eigenvalue weighted by atomic mass is 19.4. The van der Waals surface area contributed by atoms with Crippen LogP contribution in [0.4, 0.5) is 32.0 Å². The topological polar surface area (TPSA) is 58.6 Å². The molecule has 1 saturated carbocycles. The maximum Gasteiger partial charge on any atom is 0.416 e. The molecule has 0 radical (unpaired) electrons. The zero-order valence-corrected chi connectivity index (χ0v) is 16.3. The molecule has 3 fully saturated rings. The molecule has 2 bridgehead atoms. The van der Waals surface area contributed by atoms with Gasteiger partial charge in [-0.25, -0.2) is 0 Å². The van der Waals surface area contributed by atoms with Crippen molar-refractivity contribution in [1.29, 1.82) is 0 Å². The number of aliphatic hydroxyl groups is 1. The van der Waals surface area contributed by atoms with Gasteiger partial charge in [0.05, 0.1) is 34.9 Å².